The van der Waals surface area contributed by atoms with Gasteiger partial charge in [0.1, 0.15) is 23.0 Å². The van der Waals surface area contributed by atoms with Crippen LogP contribution in [0.1, 0.15) is 0 Å². The first kappa shape index (κ1) is 28.3. The summed E-state index contributed by atoms with van der Waals surface area (Å²) in [5.41, 5.74) is 10.6. The molecule has 11 rings (SSSR count). The fourth-order valence-electron chi connectivity index (χ4n) is 8.50. The number of benzene rings is 9. The summed E-state index contributed by atoms with van der Waals surface area (Å²) in [6.45, 7) is 0.0658. The molecule has 2 heterocycles. The molecule has 2 nitrogen and oxygen atoms in total. The van der Waals surface area contributed by atoms with Gasteiger partial charge in [-0.05, 0) is 113 Å². The molecule has 2 aliphatic rings. The Balaban J connectivity index is 1.08. The molecule has 0 saturated heterocycles. The molecule has 0 N–H and O–H groups in total. The first-order valence-corrected chi connectivity index (χ1v) is 17.5. The van der Waals surface area contributed by atoms with E-state index in [-0.39, 0.29) is 6.71 Å². The predicted octanol–water partition coefficient (Wildman–Crippen LogP) is 10.9. The minimum atomic E-state index is 0.0658. The minimum absolute atomic E-state index is 0.0658. The highest BCUT2D eigenvalue weighted by Crippen LogP contribution is 2.44. The summed E-state index contributed by atoms with van der Waals surface area (Å²) in [5, 5.41) is 7.41. The van der Waals surface area contributed by atoms with Crippen LogP contribution in [0.4, 0.5) is 0 Å². The van der Waals surface area contributed by atoms with Crippen LogP contribution in [0.2, 0.25) is 0 Å². The monoisotopic (exact) mass is 648 g/mol. The summed E-state index contributed by atoms with van der Waals surface area (Å²) in [7, 11) is 0. The Morgan fingerprint density at radius 2 is 0.784 bits per heavy atom. The molecule has 0 spiro atoms. The molecule has 0 saturated carbocycles. The van der Waals surface area contributed by atoms with E-state index in [1.165, 1.54) is 65.5 Å². The molecule has 0 unspecified atom stereocenters. The Hall–Kier alpha value is -6.58. The number of rotatable bonds is 3. The zero-order valence-corrected chi connectivity index (χ0v) is 27.6. The third kappa shape index (κ3) is 4.31. The van der Waals surface area contributed by atoms with Gasteiger partial charge in [0.15, 0.2) is 0 Å². The van der Waals surface area contributed by atoms with E-state index >= 15 is 0 Å². The highest BCUT2D eigenvalue weighted by atomic mass is 16.5. The smallest absolute Gasteiger partial charge is 0.260 e. The van der Waals surface area contributed by atoms with Crippen LogP contribution in [0.15, 0.2) is 176 Å². The van der Waals surface area contributed by atoms with Gasteiger partial charge in [0.05, 0.1) is 0 Å². The average Bonchev–Trinajstić information content (AvgIpc) is 3.19. The average molecular weight is 649 g/mol. The van der Waals surface area contributed by atoms with Gasteiger partial charge >= 0.3 is 0 Å². The molecule has 0 bridgehead atoms. The highest BCUT2D eigenvalue weighted by Gasteiger charge is 2.40. The fourth-order valence-corrected chi connectivity index (χ4v) is 8.50. The zero-order chi connectivity index (χ0) is 33.5. The van der Waals surface area contributed by atoms with Crippen molar-refractivity contribution >= 4 is 55.4 Å². The van der Waals surface area contributed by atoms with Crippen LogP contribution in [0.5, 0.6) is 23.0 Å². The predicted molar refractivity (Wildman–Crippen MR) is 213 cm³/mol. The molecule has 0 amide bonds. The van der Waals surface area contributed by atoms with Crippen molar-refractivity contribution in [1.82, 2.24) is 0 Å². The van der Waals surface area contributed by atoms with Crippen molar-refractivity contribution in [2.24, 2.45) is 0 Å². The van der Waals surface area contributed by atoms with Crippen LogP contribution >= 0.6 is 0 Å². The lowest BCUT2D eigenvalue weighted by Gasteiger charge is -2.33. The second kappa shape index (κ2) is 11.0. The molecule has 0 radical (unpaired) electrons. The van der Waals surface area contributed by atoms with Crippen molar-refractivity contribution in [3.63, 3.8) is 0 Å². The molecule has 0 aliphatic carbocycles. The van der Waals surface area contributed by atoms with E-state index in [1.807, 2.05) is 12.1 Å². The van der Waals surface area contributed by atoms with Crippen LogP contribution < -0.4 is 25.9 Å². The van der Waals surface area contributed by atoms with Crippen molar-refractivity contribution in [1.29, 1.82) is 0 Å². The van der Waals surface area contributed by atoms with Gasteiger partial charge < -0.3 is 9.47 Å². The van der Waals surface area contributed by atoms with E-state index in [9.17, 15) is 0 Å². The third-order valence-corrected chi connectivity index (χ3v) is 10.7. The molecule has 9 aromatic rings. The van der Waals surface area contributed by atoms with E-state index in [2.05, 4.69) is 164 Å². The van der Waals surface area contributed by atoms with Gasteiger partial charge in [-0.25, -0.2) is 0 Å². The van der Waals surface area contributed by atoms with Crippen molar-refractivity contribution < 1.29 is 9.47 Å². The highest BCUT2D eigenvalue weighted by molar-refractivity contribution is 6.98. The van der Waals surface area contributed by atoms with E-state index < -0.39 is 0 Å². The number of ether oxygens (including phenoxy) is 2. The number of fused-ring (bicyclic) bond motifs is 7. The maximum absolute atomic E-state index is 6.61. The van der Waals surface area contributed by atoms with Crippen LogP contribution in [-0.4, -0.2) is 6.71 Å². The summed E-state index contributed by atoms with van der Waals surface area (Å²) in [6, 6.07) is 63.2. The van der Waals surface area contributed by atoms with Crippen molar-refractivity contribution in [3.8, 4) is 56.4 Å². The minimum Gasteiger partial charge on any atom is -0.458 e. The topological polar surface area (TPSA) is 18.5 Å². The van der Waals surface area contributed by atoms with Crippen LogP contribution in [0.3, 0.4) is 0 Å². The first-order chi connectivity index (χ1) is 25.3. The summed E-state index contributed by atoms with van der Waals surface area (Å²) in [5.74, 6) is 3.50. The van der Waals surface area contributed by atoms with Gasteiger partial charge in [-0.2, -0.15) is 0 Å². The third-order valence-electron chi connectivity index (χ3n) is 10.7. The van der Waals surface area contributed by atoms with E-state index in [0.717, 1.165) is 39.6 Å². The Bertz CT molecular complexity index is 2750. The Morgan fingerprint density at radius 3 is 1.37 bits per heavy atom. The van der Waals surface area contributed by atoms with Crippen molar-refractivity contribution in [2.75, 3.05) is 0 Å². The molecule has 51 heavy (non-hydrogen) atoms. The molecule has 9 aromatic carbocycles. The Kier molecular flexibility index (Phi) is 6.08. The second-order valence-electron chi connectivity index (χ2n) is 13.6. The number of para-hydroxylation sites is 2. The number of hydrogen-bond donors (Lipinski definition) is 0. The van der Waals surface area contributed by atoms with Gasteiger partial charge in [-0.3, -0.25) is 0 Å². The number of hydrogen-bond acceptors (Lipinski definition) is 2. The van der Waals surface area contributed by atoms with Crippen molar-refractivity contribution in [2.45, 2.75) is 0 Å². The van der Waals surface area contributed by atoms with E-state index in [1.54, 1.807) is 0 Å². The van der Waals surface area contributed by atoms with Crippen LogP contribution in [0.25, 0.3) is 65.7 Å². The molecule has 3 heteroatoms. The van der Waals surface area contributed by atoms with Gasteiger partial charge in [0.2, 0.25) is 0 Å². The molecule has 0 aromatic heterocycles. The molecule has 2 aliphatic heterocycles. The van der Waals surface area contributed by atoms with Gasteiger partial charge in [0.25, 0.3) is 6.71 Å². The fraction of sp³-hybridized carbons (Fsp3) is 0. The normalized spacial score (nSPS) is 12.6. The summed E-state index contributed by atoms with van der Waals surface area (Å²) in [4.78, 5) is 0. The van der Waals surface area contributed by atoms with Crippen molar-refractivity contribution in [3.05, 3.63) is 176 Å². The maximum Gasteiger partial charge on any atom is 0.260 e. The quantitative estimate of drug-likeness (QED) is 0.140. The second-order valence-corrected chi connectivity index (χ2v) is 13.6. The Labute approximate surface area is 296 Å². The SMILES string of the molecule is c1ccc(-c2c3ccccc3c(-c3ccc4ccc(-c5cc6c7c(c5)Oc5ccccc5B7c5ccccc5O6)cc4c3)c3ccccc23)cc1. The zero-order valence-electron chi connectivity index (χ0n) is 27.6. The van der Waals surface area contributed by atoms with E-state index in [4.69, 9.17) is 9.47 Å². The van der Waals surface area contributed by atoms with Crippen LogP contribution in [0, 0.1) is 0 Å². The maximum atomic E-state index is 6.61. The molecule has 0 atom stereocenters. The molecule has 236 valence electrons. The molecule has 0 fully saturated rings. The van der Waals surface area contributed by atoms with Gasteiger partial charge in [-0.1, -0.05) is 140 Å². The molecular weight excluding hydrogens is 619 g/mol. The summed E-state index contributed by atoms with van der Waals surface area (Å²) < 4.78 is 13.2. The van der Waals surface area contributed by atoms with Crippen LogP contribution in [-0.2, 0) is 0 Å². The standard InChI is InChI=1S/C48H29BO2/c1-2-12-31(13-3-1)46-36-14-4-6-16-38(36)47(39-17-7-5-15-37(39)46)33-25-23-30-22-24-32(26-34(30)27-33)35-28-44-48-45(29-35)51-43-21-11-9-19-41(43)49(48)40-18-8-10-20-42(40)50-44/h1-29H. The lowest BCUT2D eigenvalue weighted by Crippen LogP contribution is -2.57. The molecular formula is C48H29BO2. The van der Waals surface area contributed by atoms with E-state index in [0.29, 0.717) is 0 Å². The first-order valence-electron chi connectivity index (χ1n) is 17.5. The lowest BCUT2D eigenvalue weighted by molar-refractivity contribution is 0.465. The lowest BCUT2D eigenvalue weighted by atomic mass is 9.35. The summed E-state index contributed by atoms with van der Waals surface area (Å²) in [6.07, 6.45) is 0. The summed E-state index contributed by atoms with van der Waals surface area (Å²) >= 11 is 0. The largest absolute Gasteiger partial charge is 0.458 e. The Morgan fingerprint density at radius 1 is 0.314 bits per heavy atom. The van der Waals surface area contributed by atoms with Gasteiger partial charge in [0, 0.05) is 5.46 Å². The van der Waals surface area contributed by atoms with Gasteiger partial charge in [-0.15, -0.1) is 0 Å².